The Bertz CT molecular complexity index is 782. The summed E-state index contributed by atoms with van der Waals surface area (Å²) in [5, 5.41) is 4.62. The van der Waals surface area contributed by atoms with E-state index in [4.69, 9.17) is 0 Å². The molecule has 2 aromatic rings. The lowest BCUT2D eigenvalue weighted by molar-refractivity contribution is 0.120. The van der Waals surface area contributed by atoms with Gasteiger partial charge in [-0.2, -0.15) is 5.10 Å². The Balaban J connectivity index is 1.28. The van der Waals surface area contributed by atoms with E-state index in [0.717, 1.165) is 69.2 Å². The fourth-order valence-corrected chi connectivity index (χ4v) is 3.78. The van der Waals surface area contributed by atoms with Gasteiger partial charge in [0.2, 0.25) is 0 Å². The first-order valence-corrected chi connectivity index (χ1v) is 9.58. The average molecular weight is 354 g/mol. The lowest BCUT2D eigenvalue weighted by atomic mass is 9.97. The van der Waals surface area contributed by atoms with Crippen LogP contribution in [0.3, 0.4) is 0 Å². The van der Waals surface area contributed by atoms with Crippen LogP contribution < -0.4 is 5.56 Å². The lowest BCUT2D eigenvalue weighted by Crippen LogP contribution is -2.47. The van der Waals surface area contributed by atoms with E-state index in [1.165, 1.54) is 12.8 Å². The van der Waals surface area contributed by atoms with Crippen molar-refractivity contribution in [2.45, 2.75) is 38.8 Å². The summed E-state index contributed by atoms with van der Waals surface area (Å²) in [5.41, 5.74) is 2.34. The molecule has 3 heterocycles. The molecule has 2 aromatic heterocycles. The topological polar surface area (TPSA) is 67.2 Å². The molecule has 0 N–H and O–H groups in total. The van der Waals surface area contributed by atoms with E-state index in [1.54, 1.807) is 23.1 Å². The molecule has 0 spiro atoms. The van der Waals surface area contributed by atoms with Crippen molar-refractivity contribution in [1.29, 1.82) is 0 Å². The molecule has 0 bridgehead atoms. The fourth-order valence-electron chi connectivity index (χ4n) is 3.78. The summed E-state index contributed by atoms with van der Waals surface area (Å²) in [7, 11) is 0. The highest BCUT2D eigenvalue weighted by atomic mass is 16.1. The van der Waals surface area contributed by atoms with Gasteiger partial charge in [-0.15, -0.1) is 0 Å². The van der Waals surface area contributed by atoms with Gasteiger partial charge in [0.1, 0.15) is 5.82 Å². The summed E-state index contributed by atoms with van der Waals surface area (Å²) in [6.45, 7) is 6.38. The summed E-state index contributed by atoms with van der Waals surface area (Å²) >= 11 is 0. The highest BCUT2D eigenvalue weighted by molar-refractivity contribution is 5.20. The van der Waals surface area contributed by atoms with Gasteiger partial charge in [0.15, 0.2) is 0 Å². The molecule has 7 heteroatoms. The summed E-state index contributed by atoms with van der Waals surface area (Å²) in [5.74, 6) is 0.880. The SMILES string of the molecule is O=c1cc2c(nn1CCN1CCN(Cc3ncccn3)CC1)CCCC2. The summed E-state index contributed by atoms with van der Waals surface area (Å²) in [6.07, 6.45) is 7.97. The first-order valence-electron chi connectivity index (χ1n) is 9.58. The van der Waals surface area contributed by atoms with E-state index in [9.17, 15) is 4.79 Å². The normalized spacial score (nSPS) is 18.6. The molecular formula is C19H26N6O. The second kappa shape index (κ2) is 8.05. The number of hydrogen-bond donors (Lipinski definition) is 0. The Hall–Kier alpha value is -2.12. The molecule has 0 amide bonds. The Morgan fingerprint density at radius 1 is 0.923 bits per heavy atom. The van der Waals surface area contributed by atoms with Crippen LogP contribution in [0.2, 0.25) is 0 Å². The minimum absolute atomic E-state index is 0.0468. The van der Waals surface area contributed by atoms with Crippen LogP contribution in [0.4, 0.5) is 0 Å². The molecule has 1 saturated heterocycles. The molecule has 0 aromatic carbocycles. The predicted molar refractivity (Wildman–Crippen MR) is 98.9 cm³/mol. The molecule has 0 unspecified atom stereocenters. The van der Waals surface area contributed by atoms with Gasteiger partial charge in [-0.05, 0) is 37.3 Å². The number of aryl methyl sites for hydroxylation is 2. The van der Waals surface area contributed by atoms with Gasteiger partial charge in [-0.3, -0.25) is 14.6 Å². The van der Waals surface area contributed by atoms with Crippen molar-refractivity contribution in [2.75, 3.05) is 32.7 Å². The predicted octanol–water partition coefficient (Wildman–Crippen LogP) is 0.730. The van der Waals surface area contributed by atoms with Crippen LogP contribution in [0.5, 0.6) is 0 Å². The van der Waals surface area contributed by atoms with Crippen molar-refractivity contribution in [2.24, 2.45) is 0 Å². The van der Waals surface area contributed by atoms with Crippen LogP contribution in [0, 0.1) is 0 Å². The second-order valence-electron chi connectivity index (χ2n) is 7.17. The quantitative estimate of drug-likeness (QED) is 0.789. The van der Waals surface area contributed by atoms with Crippen LogP contribution >= 0.6 is 0 Å². The fraction of sp³-hybridized carbons (Fsp3) is 0.579. The number of rotatable bonds is 5. The van der Waals surface area contributed by atoms with Crippen molar-refractivity contribution < 1.29 is 0 Å². The van der Waals surface area contributed by atoms with Crippen LogP contribution in [0.15, 0.2) is 29.3 Å². The minimum atomic E-state index is 0.0468. The van der Waals surface area contributed by atoms with Crippen LogP contribution in [-0.4, -0.2) is 62.3 Å². The highest BCUT2D eigenvalue weighted by Crippen LogP contribution is 2.16. The maximum absolute atomic E-state index is 12.3. The van der Waals surface area contributed by atoms with E-state index < -0.39 is 0 Å². The molecule has 1 aliphatic heterocycles. The number of nitrogens with zero attached hydrogens (tertiary/aromatic N) is 6. The molecule has 2 aliphatic rings. The Kier molecular flexibility index (Phi) is 5.36. The zero-order valence-electron chi connectivity index (χ0n) is 15.2. The van der Waals surface area contributed by atoms with Crippen molar-refractivity contribution in [3.05, 3.63) is 52.0 Å². The Labute approximate surface area is 153 Å². The van der Waals surface area contributed by atoms with Crippen LogP contribution in [0.1, 0.15) is 29.9 Å². The zero-order chi connectivity index (χ0) is 17.8. The van der Waals surface area contributed by atoms with E-state index in [-0.39, 0.29) is 5.56 Å². The molecule has 1 fully saturated rings. The number of aromatic nitrogens is 4. The number of piperazine rings is 1. The summed E-state index contributed by atoms with van der Waals surface area (Å²) in [6, 6.07) is 3.65. The van der Waals surface area contributed by atoms with Gasteiger partial charge in [-0.25, -0.2) is 14.6 Å². The highest BCUT2D eigenvalue weighted by Gasteiger charge is 2.18. The maximum atomic E-state index is 12.3. The molecule has 7 nitrogen and oxygen atoms in total. The first-order chi connectivity index (χ1) is 12.8. The van der Waals surface area contributed by atoms with Gasteiger partial charge in [0.05, 0.1) is 18.8 Å². The molecule has 26 heavy (non-hydrogen) atoms. The standard InChI is InChI=1S/C19H26N6O/c26-19-14-16-4-1-2-5-17(16)22-25(19)13-12-23-8-10-24(11-9-23)15-18-20-6-3-7-21-18/h3,6-7,14H,1-2,4-5,8-13,15H2. The average Bonchev–Trinajstić information content (AvgIpc) is 2.68. The first kappa shape index (κ1) is 17.3. The molecule has 0 radical (unpaired) electrons. The molecule has 138 valence electrons. The van der Waals surface area contributed by atoms with Crippen molar-refractivity contribution in [3.8, 4) is 0 Å². The van der Waals surface area contributed by atoms with Gasteiger partial charge in [0.25, 0.3) is 5.56 Å². The van der Waals surface area contributed by atoms with E-state index in [1.807, 2.05) is 6.07 Å². The molecule has 0 saturated carbocycles. The van der Waals surface area contributed by atoms with E-state index in [2.05, 4.69) is 24.9 Å². The minimum Gasteiger partial charge on any atom is -0.299 e. The Morgan fingerprint density at radius 2 is 1.65 bits per heavy atom. The third-order valence-electron chi connectivity index (χ3n) is 5.35. The monoisotopic (exact) mass is 354 g/mol. The Morgan fingerprint density at radius 3 is 2.46 bits per heavy atom. The maximum Gasteiger partial charge on any atom is 0.267 e. The lowest BCUT2D eigenvalue weighted by Gasteiger charge is -2.34. The summed E-state index contributed by atoms with van der Waals surface area (Å²) < 4.78 is 1.66. The van der Waals surface area contributed by atoms with E-state index >= 15 is 0 Å². The largest absolute Gasteiger partial charge is 0.299 e. The van der Waals surface area contributed by atoms with Crippen LogP contribution in [-0.2, 0) is 25.9 Å². The number of hydrogen-bond acceptors (Lipinski definition) is 6. The third-order valence-corrected chi connectivity index (χ3v) is 5.35. The van der Waals surface area contributed by atoms with Crippen LogP contribution in [0.25, 0.3) is 0 Å². The molecule has 1 aliphatic carbocycles. The number of fused-ring (bicyclic) bond motifs is 1. The van der Waals surface area contributed by atoms with Crippen molar-refractivity contribution in [1.82, 2.24) is 29.5 Å². The molecular weight excluding hydrogens is 328 g/mol. The van der Waals surface area contributed by atoms with Gasteiger partial charge >= 0.3 is 0 Å². The zero-order valence-corrected chi connectivity index (χ0v) is 15.2. The van der Waals surface area contributed by atoms with Crippen molar-refractivity contribution >= 4 is 0 Å². The van der Waals surface area contributed by atoms with Crippen molar-refractivity contribution in [3.63, 3.8) is 0 Å². The molecule has 0 atom stereocenters. The van der Waals surface area contributed by atoms with Gasteiger partial charge in [-0.1, -0.05) is 0 Å². The smallest absolute Gasteiger partial charge is 0.267 e. The van der Waals surface area contributed by atoms with Gasteiger partial charge < -0.3 is 0 Å². The second-order valence-corrected chi connectivity index (χ2v) is 7.17. The van der Waals surface area contributed by atoms with Gasteiger partial charge in [0, 0.05) is 51.2 Å². The van der Waals surface area contributed by atoms with E-state index in [0.29, 0.717) is 6.54 Å². The molecule has 4 rings (SSSR count). The third kappa shape index (κ3) is 4.16. The summed E-state index contributed by atoms with van der Waals surface area (Å²) in [4.78, 5) is 25.7.